The zero-order valence-electron chi connectivity index (χ0n) is 14.9. The molecule has 138 valence electrons. The van der Waals surface area contributed by atoms with Crippen LogP contribution in [0, 0.1) is 0 Å². The molecule has 0 fully saturated rings. The van der Waals surface area contributed by atoms with Gasteiger partial charge in [-0.15, -0.1) is 0 Å². The molecule has 0 unspecified atom stereocenters. The second kappa shape index (κ2) is 9.50. The summed E-state index contributed by atoms with van der Waals surface area (Å²) in [5, 5.41) is 0. The van der Waals surface area contributed by atoms with Gasteiger partial charge in [0.25, 0.3) is 0 Å². The summed E-state index contributed by atoms with van der Waals surface area (Å²) in [6.45, 7) is 1.58. The molecule has 0 aliphatic carbocycles. The highest BCUT2D eigenvalue weighted by Crippen LogP contribution is 2.13. The second-order valence-electron chi connectivity index (χ2n) is 6.02. The molecule has 5 heteroatoms. The third-order valence-corrected chi connectivity index (χ3v) is 4.10. The van der Waals surface area contributed by atoms with Gasteiger partial charge in [0, 0.05) is 18.8 Å². The minimum absolute atomic E-state index is 0.0689. The summed E-state index contributed by atoms with van der Waals surface area (Å²) in [5.74, 6) is 0.0689. The number of carbonyl (C=O) groups is 1. The molecule has 1 aromatic heterocycles. The summed E-state index contributed by atoms with van der Waals surface area (Å²) in [6, 6.07) is 20.8. The van der Waals surface area contributed by atoms with Crippen LogP contribution in [0.5, 0.6) is 5.75 Å². The molecule has 0 aliphatic rings. The minimum Gasteiger partial charge on any atom is -0.483 e. The van der Waals surface area contributed by atoms with Gasteiger partial charge in [0.1, 0.15) is 12.3 Å². The highest BCUT2D eigenvalue weighted by atomic mass is 16.5. The Morgan fingerprint density at radius 2 is 1.48 bits per heavy atom. The molecule has 27 heavy (non-hydrogen) atoms. The lowest BCUT2D eigenvalue weighted by molar-refractivity contribution is 0.106. The summed E-state index contributed by atoms with van der Waals surface area (Å²) in [4.78, 5) is 23.7. The molecule has 0 aliphatic heterocycles. The van der Waals surface area contributed by atoms with Crippen LogP contribution in [0.3, 0.4) is 0 Å². The molecule has 0 saturated heterocycles. The number of pyridine rings is 1. The zero-order valence-corrected chi connectivity index (χ0v) is 14.9. The fraction of sp³-hybridized carbons (Fsp3) is 0.182. The van der Waals surface area contributed by atoms with Gasteiger partial charge < -0.3 is 14.0 Å². The van der Waals surface area contributed by atoms with Crippen LogP contribution in [-0.2, 0) is 24.5 Å². The van der Waals surface area contributed by atoms with Crippen LogP contribution in [-0.4, -0.2) is 17.5 Å². The maximum absolute atomic E-state index is 12.2. The molecule has 3 aromatic rings. The maximum atomic E-state index is 12.2. The van der Waals surface area contributed by atoms with Crippen LogP contribution in [0.15, 0.2) is 77.7 Å². The van der Waals surface area contributed by atoms with Crippen LogP contribution in [0.1, 0.15) is 21.6 Å². The average Bonchev–Trinajstić information content (AvgIpc) is 2.72. The second-order valence-corrected chi connectivity index (χ2v) is 6.02. The van der Waals surface area contributed by atoms with Crippen LogP contribution < -0.4 is 10.2 Å². The van der Waals surface area contributed by atoms with Crippen molar-refractivity contribution in [1.82, 2.24) is 4.57 Å². The van der Waals surface area contributed by atoms with Gasteiger partial charge in [-0.3, -0.25) is 9.59 Å². The van der Waals surface area contributed by atoms with E-state index in [2.05, 4.69) is 0 Å². The molecule has 5 nitrogen and oxygen atoms in total. The monoisotopic (exact) mass is 363 g/mol. The Hall–Kier alpha value is -3.18. The molecule has 0 radical (unpaired) electrons. The van der Waals surface area contributed by atoms with E-state index in [0.29, 0.717) is 26.0 Å². The lowest BCUT2D eigenvalue weighted by Gasteiger charge is -2.14. The summed E-state index contributed by atoms with van der Waals surface area (Å²) in [7, 11) is 0. The van der Waals surface area contributed by atoms with E-state index in [0.717, 1.165) is 11.1 Å². The van der Waals surface area contributed by atoms with Crippen molar-refractivity contribution in [3.63, 3.8) is 0 Å². The molecule has 0 saturated carbocycles. The van der Waals surface area contributed by atoms with Crippen molar-refractivity contribution >= 4 is 6.29 Å². The third kappa shape index (κ3) is 5.15. The van der Waals surface area contributed by atoms with Crippen LogP contribution in [0.2, 0.25) is 0 Å². The Morgan fingerprint density at radius 1 is 0.852 bits per heavy atom. The van der Waals surface area contributed by atoms with E-state index in [1.807, 2.05) is 60.7 Å². The lowest BCUT2D eigenvalue weighted by Crippen LogP contribution is -2.18. The van der Waals surface area contributed by atoms with E-state index in [1.54, 1.807) is 10.8 Å². The molecule has 0 bridgehead atoms. The van der Waals surface area contributed by atoms with E-state index in [-0.39, 0.29) is 23.5 Å². The van der Waals surface area contributed by atoms with Crippen LogP contribution in [0.4, 0.5) is 0 Å². The van der Waals surface area contributed by atoms with Gasteiger partial charge in [-0.2, -0.15) is 0 Å². The first-order valence-corrected chi connectivity index (χ1v) is 8.75. The molecule has 2 aromatic carbocycles. The fourth-order valence-electron chi connectivity index (χ4n) is 2.69. The largest absolute Gasteiger partial charge is 0.483 e. The minimum atomic E-state index is -0.311. The summed E-state index contributed by atoms with van der Waals surface area (Å²) < 4.78 is 13.0. The van der Waals surface area contributed by atoms with Crippen molar-refractivity contribution in [3.05, 3.63) is 100.0 Å². The SMILES string of the molecule is O=Cc1c(OCc2ccccc2)c(=O)ccn1CCOCc1ccccc1. The predicted molar refractivity (Wildman–Crippen MR) is 103 cm³/mol. The van der Waals surface area contributed by atoms with Gasteiger partial charge in [0.2, 0.25) is 5.43 Å². The Kier molecular flexibility index (Phi) is 6.55. The molecular weight excluding hydrogens is 342 g/mol. The van der Waals surface area contributed by atoms with E-state index in [9.17, 15) is 9.59 Å². The first kappa shape index (κ1) is 18.6. The molecule has 0 spiro atoms. The number of hydrogen-bond acceptors (Lipinski definition) is 4. The van der Waals surface area contributed by atoms with Crippen molar-refractivity contribution in [2.45, 2.75) is 19.8 Å². The highest BCUT2D eigenvalue weighted by Gasteiger charge is 2.12. The first-order valence-electron chi connectivity index (χ1n) is 8.75. The van der Waals surface area contributed by atoms with Crippen LogP contribution in [0.25, 0.3) is 0 Å². The first-order chi connectivity index (χ1) is 13.3. The van der Waals surface area contributed by atoms with Crippen molar-refractivity contribution in [1.29, 1.82) is 0 Å². The number of nitrogens with zero attached hydrogens (tertiary/aromatic N) is 1. The molecule has 3 rings (SSSR count). The normalized spacial score (nSPS) is 10.5. The molecule has 0 amide bonds. The lowest BCUT2D eigenvalue weighted by atomic mass is 10.2. The Labute approximate surface area is 157 Å². The number of hydrogen-bond donors (Lipinski definition) is 0. The van der Waals surface area contributed by atoms with Gasteiger partial charge in [-0.1, -0.05) is 60.7 Å². The standard InChI is InChI=1S/C22H21NO4/c24-15-20-22(27-17-19-9-5-2-6-10-19)21(25)11-12-23(20)13-14-26-16-18-7-3-1-4-8-18/h1-12,15H,13-14,16-17H2. The van der Waals surface area contributed by atoms with Crippen molar-refractivity contribution in [3.8, 4) is 5.75 Å². The highest BCUT2D eigenvalue weighted by molar-refractivity contribution is 5.76. The number of benzene rings is 2. The van der Waals surface area contributed by atoms with E-state index in [4.69, 9.17) is 9.47 Å². The van der Waals surface area contributed by atoms with Gasteiger partial charge in [0.05, 0.1) is 13.2 Å². The molecule has 1 heterocycles. The van der Waals surface area contributed by atoms with Gasteiger partial charge in [0.15, 0.2) is 12.0 Å². The fourth-order valence-corrected chi connectivity index (χ4v) is 2.69. The maximum Gasteiger partial charge on any atom is 0.224 e. The zero-order chi connectivity index (χ0) is 18.9. The Bertz CT molecular complexity index is 920. The van der Waals surface area contributed by atoms with E-state index < -0.39 is 0 Å². The summed E-state index contributed by atoms with van der Waals surface area (Å²) >= 11 is 0. The number of ether oxygens (including phenoxy) is 2. The number of aldehydes is 1. The van der Waals surface area contributed by atoms with Gasteiger partial charge in [-0.05, 0) is 11.1 Å². The predicted octanol–water partition coefficient (Wildman–Crippen LogP) is 3.46. The van der Waals surface area contributed by atoms with E-state index in [1.165, 1.54) is 6.07 Å². The smallest absolute Gasteiger partial charge is 0.224 e. The summed E-state index contributed by atoms with van der Waals surface area (Å²) in [6.07, 6.45) is 2.24. The van der Waals surface area contributed by atoms with Crippen molar-refractivity contribution in [2.75, 3.05) is 6.61 Å². The van der Waals surface area contributed by atoms with Gasteiger partial charge >= 0.3 is 0 Å². The Balaban J connectivity index is 1.64. The number of carbonyl (C=O) groups excluding carboxylic acids is 1. The van der Waals surface area contributed by atoms with E-state index >= 15 is 0 Å². The summed E-state index contributed by atoms with van der Waals surface area (Å²) in [5.41, 5.74) is 1.92. The van der Waals surface area contributed by atoms with Crippen molar-refractivity contribution < 1.29 is 14.3 Å². The topological polar surface area (TPSA) is 57.5 Å². The number of aromatic nitrogens is 1. The third-order valence-electron chi connectivity index (χ3n) is 4.10. The average molecular weight is 363 g/mol. The molecule has 0 N–H and O–H groups in total. The number of rotatable bonds is 9. The molecular formula is C22H21NO4. The van der Waals surface area contributed by atoms with Crippen LogP contribution >= 0.6 is 0 Å². The quantitative estimate of drug-likeness (QED) is 0.432. The van der Waals surface area contributed by atoms with Crippen molar-refractivity contribution in [2.24, 2.45) is 0 Å². The Morgan fingerprint density at radius 3 is 2.11 bits per heavy atom. The molecule has 0 atom stereocenters. The van der Waals surface area contributed by atoms with Gasteiger partial charge in [-0.25, -0.2) is 0 Å².